The summed E-state index contributed by atoms with van der Waals surface area (Å²) in [4.78, 5) is 23.9. The number of alkyl carbamates (subject to hydrolysis) is 1. The molecule has 0 radical (unpaired) electrons. The minimum atomic E-state index is -0.400. The third kappa shape index (κ3) is 3.36. The lowest BCUT2D eigenvalue weighted by atomic mass is 9.93. The summed E-state index contributed by atoms with van der Waals surface area (Å²) in [7, 11) is 0. The van der Waals surface area contributed by atoms with E-state index >= 15 is 0 Å². The molecule has 154 valence electrons. The SMILES string of the molecule is CC[C@@H]1C[C@H](OC(=O)NCc2cccnc2)CC1c1nnc2cnc3[nH]ccc3n12. The van der Waals surface area contributed by atoms with Crippen LogP contribution in [0.3, 0.4) is 0 Å². The maximum atomic E-state index is 12.3. The third-order valence-electron chi connectivity index (χ3n) is 5.91. The highest BCUT2D eigenvalue weighted by Crippen LogP contribution is 2.42. The van der Waals surface area contributed by atoms with Gasteiger partial charge in [0, 0.05) is 31.1 Å². The van der Waals surface area contributed by atoms with Gasteiger partial charge in [0.1, 0.15) is 11.9 Å². The van der Waals surface area contributed by atoms with E-state index in [4.69, 9.17) is 4.74 Å². The summed E-state index contributed by atoms with van der Waals surface area (Å²) in [6.07, 6.45) is 9.01. The minimum Gasteiger partial charge on any atom is -0.446 e. The molecule has 5 rings (SSSR count). The highest BCUT2D eigenvalue weighted by atomic mass is 16.6. The standard InChI is InChI=1S/C21H23N7O2/c1-2-14-8-15(30-21(29)25-11-13-4-3-6-22-10-13)9-16(14)20-27-26-18-12-24-19-17(28(18)20)5-7-23-19/h3-7,10,12,14-16,23H,2,8-9,11H2,1H3,(H,25,29)/t14-,15+,16?/m1/s1. The van der Waals surface area contributed by atoms with E-state index in [-0.39, 0.29) is 12.0 Å². The zero-order valence-corrected chi connectivity index (χ0v) is 16.7. The van der Waals surface area contributed by atoms with E-state index in [0.29, 0.717) is 12.5 Å². The fourth-order valence-electron chi connectivity index (χ4n) is 4.45. The van der Waals surface area contributed by atoms with Crippen LogP contribution < -0.4 is 5.32 Å². The van der Waals surface area contributed by atoms with Gasteiger partial charge in [-0.1, -0.05) is 19.4 Å². The van der Waals surface area contributed by atoms with E-state index in [1.165, 1.54) is 0 Å². The highest BCUT2D eigenvalue weighted by molar-refractivity contribution is 5.74. The predicted molar refractivity (Wildman–Crippen MR) is 110 cm³/mol. The van der Waals surface area contributed by atoms with Crippen LogP contribution in [0.2, 0.25) is 0 Å². The summed E-state index contributed by atoms with van der Waals surface area (Å²) in [5, 5.41) is 11.6. The van der Waals surface area contributed by atoms with Gasteiger partial charge in [0.15, 0.2) is 11.3 Å². The van der Waals surface area contributed by atoms with Crippen molar-refractivity contribution in [3.8, 4) is 0 Å². The first kappa shape index (κ1) is 18.5. The Bertz CT molecular complexity index is 1170. The van der Waals surface area contributed by atoms with Crippen molar-refractivity contribution in [3.63, 3.8) is 0 Å². The summed E-state index contributed by atoms with van der Waals surface area (Å²) >= 11 is 0. The summed E-state index contributed by atoms with van der Waals surface area (Å²) in [6, 6.07) is 5.74. The summed E-state index contributed by atoms with van der Waals surface area (Å²) in [5.41, 5.74) is 3.42. The monoisotopic (exact) mass is 405 g/mol. The summed E-state index contributed by atoms with van der Waals surface area (Å²) in [5.74, 6) is 1.45. The maximum Gasteiger partial charge on any atom is 0.407 e. The fourth-order valence-corrected chi connectivity index (χ4v) is 4.45. The number of aromatic amines is 1. The molecule has 1 unspecified atom stereocenters. The average molecular weight is 405 g/mol. The number of rotatable bonds is 5. The first-order chi connectivity index (χ1) is 14.7. The van der Waals surface area contributed by atoms with Crippen molar-refractivity contribution in [2.45, 2.75) is 44.8 Å². The smallest absolute Gasteiger partial charge is 0.407 e. The number of hydrogen-bond donors (Lipinski definition) is 2. The second-order valence-electron chi connectivity index (χ2n) is 7.71. The van der Waals surface area contributed by atoms with Gasteiger partial charge in [-0.25, -0.2) is 9.78 Å². The summed E-state index contributed by atoms with van der Waals surface area (Å²) in [6.45, 7) is 2.56. The van der Waals surface area contributed by atoms with Gasteiger partial charge < -0.3 is 15.0 Å². The van der Waals surface area contributed by atoms with E-state index < -0.39 is 6.09 Å². The number of nitrogens with one attached hydrogen (secondary N) is 2. The Hall–Kier alpha value is -3.49. The van der Waals surface area contributed by atoms with Crippen LogP contribution in [0.25, 0.3) is 16.8 Å². The van der Waals surface area contributed by atoms with E-state index in [1.807, 2.05) is 24.4 Å². The quantitative estimate of drug-likeness (QED) is 0.528. The molecule has 4 heterocycles. The Kier molecular flexibility index (Phi) is 4.78. The van der Waals surface area contributed by atoms with Crippen LogP contribution in [0.1, 0.15) is 43.5 Å². The lowest BCUT2D eigenvalue weighted by Gasteiger charge is -2.15. The van der Waals surface area contributed by atoms with Crippen molar-refractivity contribution < 1.29 is 9.53 Å². The van der Waals surface area contributed by atoms with Gasteiger partial charge in [0.25, 0.3) is 0 Å². The fraction of sp³-hybridized carbons (Fsp3) is 0.381. The van der Waals surface area contributed by atoms with Gasteiger partial charge in [-0.3, -0.25) is 9.38 Å². The molecule has 9 nitrogen and oxygen atoms in total. The Morgan fingerprint density at radius 3 is 3.07 bits per heavy atom. The molecular formula is C21H23N7O2. The minimum absolute atomic E-state index is 0.148. The first-order valence-electron chi connectivity index (χ1n) is 10.2. The van der Waals surface area contributed by atoms with Crippen molar-refractivity contribution in [3.05, 3.63) is 54.4 Å². The number of hydrogen-bond acceptors (Lipinski definition) is 6. The Balaban J connectivity index is 1.32. The Morgan fingerprint density at radius 2 is 2.23 bits per heavy atom. The lowest BCUT2D eigenvalue weighted by Crippen LogP contribution is -2.27. The summed E-state index contributed by atoms with van der Waals surface area (Å²) < 4.78 is 7.80. The van der Waals surface area contributed by atoms with E-state index in [2.05, 4.69) is 41.8 Å². The van der Waals surface area contributed by atoms with Gasteiger partial charge in [0.05, 0.1) is 11.7 Å². The molecule has 4 aromatic rings. The number of aromatic nitrogens is 6. The van der Waals surface area contributed by atoms with Gasteiger partial charge in [0.2, 0.25) is 0 Å². The first-order valence-corrected chi connectivity index (χ1v) is 10.2. The van der Waals surface area contributed by atoms with Gasteiger partial charge in [-0.05, 0) is 36.5 Å². The molecule has 0 aliphatic heterocycles. The number of ether oxygens (including phenoxy) is 1. The van der Waals surface area contributed by atoms with Crippen molar-refractivity contribution in [2.24, 2.45) is 5.92 Å². The second-order valence-corrected chi connectivity index (χ2v) is 7.71. The number of fused-ring (bicyclic) bond motifs is 3. The highest BCUT2D eigenvalue weighted by Gasteiger charge is 2.39. The molecule has 0 aromatic carbocycles. The van der Waals surface area contributed by atoms with Crippen molar-refractivity contribution in [1.29, 1.82) is 0 Å². The normalized spacial score (nSPS) is 21.3. The molecule has 1 aliphatic rings. The number of nitrogens with zero attached hydrogens (tertiary/aromatic N) is 5. The van der Waals surface area contributed by atoms with Crippen molar-refractivity contribution in [2.75, 3.05) is 0 Å². The third-order valence-corrected chi connectivity index (χ3v) is 5.91. The van der Waals surface area contributed by atoms with Crippen LogP contribution in [0, 0.1) is 5.92 Å². The average Bonchev–Trinajstić information content (AvgIpc) is 3.49. The molecule has 1 aliphatic carbocycles. The molecule has 1 fully saturated rings. The van der Waals surface area contributed by atoms with E-state index in [0.717, 1.165) is 47.5 Å². The number of pyridine rings is 1. The number of carbonyl (C=O) groups is 1. The van der Waals surface area contributed by atoms with Crippen LogP contribution in [0.4, 0.5) is 4.79 Å². The zero-order valence-electron chi connectivity index (χ0n) is 16.7. The molecular weight excluding hydrogens is 382 g/mol. The number of amides is 1. The Labute approximate surface area is 172 Å². The van der Waals surface area contributed by atoms with Crippen LogP contribution in [-0.2, 0) is 11.3 Å². The van der Waals surface area contributed by atoms with E-state index in [1.54, 1.807) is 18.6 Å². The van der Waals surface area contributed by atoms with Crippen LogP contribution in [-0.4, -0.2) is 41.7 Å². The topological polar surface area (TPSA) is 110 Å². The van der Waals surface area contributed by atoms with Gasteiger partial charge >= 0.3 is 6.09 Å². The molecule has 0 spiro atoms. The van der Waals surface area contributed by atoms with Crippen molar-refractivity contribution >= 4 is 22.9 Å². The molecule has 0 saturated heterocycles. The molecule has 30 heavy (non-hydrogen) atoms. The number of H-pyrrole nitrogens is 1. The molecule has 4 aromatic heterocycles. The van der Waals surface area contributed by atoms with Gasteiger partial charge in [-0.15, -0.1) is 10.2 Å². The van der Waals surface area contributed by atoms with Crippen LogP contribution in [0.15, 0.2) is 43.0 Å². The van der Waals surface area contributed by atoms with Crippen molar-refractivity contribution in [1.82, 2.24) is 34.9 Å². The largest absolute Gasteiger partial charge is 0.446 e. The predicted octanol–water partition coefficient (Wildman–Crippen LogP) is 3.20. The second kappa shape index (κ2) is 7.74. The number of carbonyl (C=O) groups excluding carboxylic acids is 1. The van der Waals surface area contributed by atoms with Crippen LogP contribution >= 0.6 is 0 Å². The molecule has 2 N–H and O–H groups in total. The lowest BCUT2D eigenvalue weighted by molar-refractivity contribution is 0.0977. The molecule has 9 heteroatoms. The van der Waals surface area contributed by atoms with Gasteiger partial charge in [-0.2, -0.15) is 0 Å². The maximum absolute atomic E-state index is 12.3. The van der Waals surface area contributed by atoms with E-state index in [9.17, 15) is 4.79 Å². The molecule has 0 bridgehead atoms. The molecule has 1 amide bonds. The molecule has 1 saturated carbocycles. The Morgan fingerprint density at radius 1 is 1.30 bits per heavy atom. The molecule has 3 atom stereocenters. The zero-order chi connectivity index (χ0) is 20.5. The van der Waals surface area contributed by atoms with Crippen LogP contribution in [0.5, 0.6) is 0 Å².